The summed E-state index contributed by atoms with van der Waals surface area (Å²) < 4.78 is 10.4. The molecule has 1 aliphatic heterocycles. The highest BCUT2D eigenvalue weighted by Crippen LogP contribution is 2.36. The van der Waals surface area contributed by atoms with E-state index in [1.54, 1.807) is 30.3 Å². The van der Waals surface area contributed by atoms with Crippen molar-refractivity contribution in [3.05, 3.63) is 94.0 Å². The molecule has 3 aromatic rings. The van der Waals surface area contributed by atoms with Gasteiger partial charge in [0.25, 0.3) is 0 Å². The van der Waals surface area contributed by atoms with Gasteiger partial charge in [-0.25, -0.2) is 4.79 Å². The first-order valence-electron chi connectivity index (χ1n) is 10.7. The van der Waals surface area contributed by atoms with E-state index in [1.165, 1.54) is 7.11 Å². The molecule has 2 unspecified atom stereocenters. The van der Waals surface area contributed by atoms with E-state index in [1.807, 2.05) is 43.3 Å². The second kappa shape index (κ2) is 10.1. The van der Waals surface area contributed by atoms with Crippen LogP contribution in [0, 0.1) is 0 Å². The second-order valence-corrected chi connectivity index (χ2v) is 8.11. The van der Waals surface area contributed by atoms with Crippen LogP contribution in [0.15, 0.2) is 71.7 Å². The number of hydrogen-bond donors (Lipinski definition) is 2. The van der Waals surface area contributed by atoms with Gasteiger partial charge < -0.3 is 14.6 Å². The summed E-state index contributed by atoms with van der Waals surface area (Å²) in [7, 11) is 1.36. The van der Waals surface area contributed by atoms with E-state index >= 15 is 0 Å². The Morgan fingerprint density at radius 3 is 2.52 bits per heavy atom. The highest BCUT2D eigenvalue weighted by molar-refractivity contribution is 6.30. The van der Waals surface area contributed by atoms with Crippen molar-refractivity contribution in [2.75, 3.05) is 13.7 Å². The Morgan fingerprint density at radius 2 is 1.85 bits per heavy atom. The van der Waals surface area contributed by atoms with Crippen molar-refractivity contribution in [3.63, 3.8) is 0 Å². The van der Waals surface area contributed by atoms with E-state index in [0.29, 0.717) is 29.2 Å². The Morgan fingerprint density at radius 1 is 1.12 bits per heavy atom. The molecule has 6 nitrogen and oxygen atoms in total. The van der Waals surface area contributed by atoms with Crippen LogP contribution in [-0.2, 0) is 4.74 Å². The Balaban J connectivity index is 1.71. The van der Waals surface area contributed by atoms with Crippen LogP contribution in [0.5, 0.6) is 11.5 Å². The molecule has 0 amide bonds. The molecule has 0 aromatic heterocycles. The summed E-state index contributed by atoms with van der Waals surface area (Å²) in [5.74, 6) is 0.581. The molecular formula is C26H25ClN2O4. The topological polar surface area (TPSA) is 80.2 Å². The number of benzene rings is 3. The first-order valence-corrected chi connectivity index (χ1v) is 11.1. The van der Waals surface area contributed by atoms with Gasteiger partial charge in [-0.1, -0.05) is 23.7 Å². The fraction of sp³-hybridized carbons (Fsp3) is 0.231. The maximum absolute atomic E-state index is 11.8. The molecule has 0 saturated carbocycles. The Labute approximate surface area is 197 Å². The van der Waals surface area contributed by atoms with Gasteiger partial charge in [0.2, 0.25) is 0 Å². The number of methoxy groups -OCH3 is 1. The molecule has 7 heteroatoms. The third-order valence-corrected chi connectivity index (χ3v) is 5.79. The monoisotopic (exact) mass is 464 g/mol. The van der Waals surface area contributed by atoms with E-state index in [4.69, 9.17) is 26.1 Å². The number of rotatable bonds is 6. The van der Waals surface area contributed by atoms with Gasteiger partial charge in [-0.05, 0) is 72.6 Å². The summed E-state index contributed by atoms with van der Waals surface area (Å²) in [6.45, 7) is 2.55. The standard InChI is InChI=1S/C26H25ClN2O4/c1-3-33-20-11-8-16(9-12-20)22-15-23(21-14-19(27)10-13-24(21)30)29-25(28-22)17-4-6-18(7-5-17)26(31)32-2/h4-14,23,25,29-30H,3,15H2,1-2H3. The molecule has 4 rings (SSSR count). The maximum atomic E-state index is 11.8. The van der Waals surface area contributed by atoms with Crippen molar-refractivity contribution in [1.29, 1.82) is 0 Å². The van der Waals surface area contributed by atoms with Crippen LogP contribution in [0.1, 0.15) is 52.6 Å². The lowest BCUT2D eigenvalue weighted by Gasteiger charge is -2.31. The normalized spacial score (nSPS) is 17.8. The summed E-state index contributed by atoms with van der Waals surface area (Å²) in [6.07, 6.45) is 0.189. The van der Waals surface area contributed by atoms with Gasteiger partial charge in [0.15, 0.2) is 0 Å². The second-order valence-electron chi connectivity index (χ2n) is 7.68. The summed E-state index contributed by atoms with van der Waals surface area (Å²) >= 11 is 6.22. The molecular weight excluding hydrogens is 440 g/mol. The number of halogens is 1. The first-order chi connectivity index (χ1) is 16.0. The molecule has 0 saturated heterocycles. The summed E-state index contributed by atoms with van der Waals surface area (Å²) in [5, 5.41) is 14.6. The molecule has 1 aliphatic rings. The SMILES string of the molecule is CCOc1ccc(C2=NC(c3ccc(C(=O)OC)cc3)NC(c3cc(Cl)ccc3O)C2)cc1. The van der Waals surface area contributed by atoms with Crippen LogP contribution in [0.25, 0.3) is 0 Å². The number of nitrogens with zero attached hydrogens (tertiary/aromatic N) is 1. The van der Waals surface area contributed by atoms with Crippen molar-refractivity contribution in [2.24, 2.45) is 4.99 Å². The fourth-order valence-electron chi connectivity index (χ4n) is 3.89. The van der Waals surface area contributed by atoms with E-state index < -0.39 is 5.97 Å². The van der Waals surface area contributed by atoms with Crippen molar-refractivity contribution in [2.45, 2.75) is 25.6 Å². The molecule has 3 aromatic carbocycles. The van der Waals surface area contributed by atoms with Crippen molar-refractivity contribution < 1.29 is 19.4 Å². The first kappa shape index (κ1) is 22.8. The minimum absolute atomic E-state index is 0.171. The lowest BCUT2D eigenvalue weighted by molar-refractivity contribution is 0.0600. The molecule has 33 heavy (non-hydrogen) atoms. The third kappa shape index (κ3) is 5.18. The molecule has 0 aliphatic carbocycles. The molecule has 2 atom stereocenters. The van der Waals surface area contributed by atoms with Crippen LogP contribution in [0.2, 0.25) is 5.02 Å². The lowest BCUT2D eigenvalue weighted by atomic mass is 9.93. The maximum Gasteiger partial charge on any atom is 0.337 e. The van der Waals surface area contributed by atoms with Gasteiger partial charge in [-0.3, -0.25) is 10.3 Å². The van der Waals surface area contributed by atoms with Crippen molar-refractivity contribution in [3.8, 4) is 11.5 Å². The number of phenolic OH excluding ortho intramolecular Hbond substituents is 1. The molecule has 0 fully saturated rings. The molecule has 1 heterocycles. The molecule has 0 spiro atoms. The largest absolute Gasteiger partial charge is 0.508 e. The van der Waals surface area contributed by atoms with E-state index in [9.17, 15) is 9.90 Å². The van der Waals surface area contributed by atoms with Crippen LogP contribution in [0.3, 0.4) is 0 Å². The molecule has 2 N–H and O–H groups in total. The average Bonchev–Trinajstić information content (AvgIpc) is 2.85. The molecule has 0 radical (unpaired) electrons. The van der Waals surface area contributed by atoms with Crippen molar-refractivity contribution >= 4 is 23.3 Å². The number of hydrogen-bond acceptors (Lipinski definition) is 6. The Hall–Kier alpha value is -3.35. The van der Waals surface area contributed by atoms with Crippen LogP contribution >= 0.6 is 11.6 Å². The predicted octanol–water partition coefficient (Wildman–Crippen LogP) is 5.45. The van der Waals surface area contributed by atoms with Crippen LogP contribution < -0.4 is 10.1 Å². The zero-order valence-electron chi connectivity index (χ0n) is 18.4. The van der Waals surface area contributed by atoms with Crippen LogP contribution in [0.4, 0.5) is 0 Å². The third-order valence-electron chi connectivity index (χ3n) is 5.55. The van der Waals surface area contributed by atoms with E-state index in [0.717, 1.165) is 22.6 Å². The molecule has 170 valence electrons. The van der Waals surface area contributed by atoms with Crippen molar-refractivity contribution in [1.82, 2.24) is 5.32 Å². The van der Waals surface area contributed by atoms with Crippen LogP contribution in [-0.4, -0.2) is 30.5 Å². The number of aromatic hydroxyl groups is 1. The quantitative estimate of drug-likeness (QED) is 0.474. The van der Waals surface area contributed by atoms with Gasteiger partial charge in [-0.15, -0.1) is 0 Å². The zero-order chi connectivity index (χ0) is 23.4. The van der Waals surface area contributed by atoms with Gasteiger partial charge in [0.05, 0.1) is 19.3 Å². The highest BCUT2D eigenvalue weighted by atomic mass is 35.5. The zero-order valence-corrected chi connectivity index (χ0v) is 19.2. The number of ether oxygens (including phenoxy) is 2. The lowest BCUT2D eigenvalue weighted by Crippen LogP contribution is -2.33. The Bertz CT molecular complexity index is 1160. The smallest absolute Gasteiger partial charge is 0.337 e. The van der Waals surface area contributed by atoms with Gasteiger partial charge in [0.1, 0.15) is 17.7 Å². The fourth-order valence-corrected chi connectivity index (χ4v) is 4.07. The molecule has 0 bridgehead atoms. The predicted molar refractivity (Wildman–Crippen MR) is 128 cm³/mol. The number of esters is 1. The number of phenols is 1. The number of carbonyl (C=O) groups is 1. The minimum Gasteiger partial charge on any atom is -0.508 e. The van der Waals surface area contributed by atoms with Gasteiger partial charge in [-0.2, -0.15) is 0 Å². The highest BCUT2D eigenvalue weighted by Gasteiger charge is 2.28. The number of carbonyl (C=O) groups excluding carboxylic acids is 1. The Kier molecular flexibility index (Phi) is 6.96. The average molecular weight is 465 g/mol. The summed E-state index contributed by atoms with van der Waals surface area (Å²) in [5.41, 5.74) is 3.93. The van der Waals surface area contributed by atoms with E-state index in [-0.39, 0.29) is 18.0 Å². The summed E-state index contributed by atoms with van der Waals surface area (Å²) in [4.78, 5) is 16.8. The van der Waals surface area contributed by atoms with Gasteiger partial charge >= 0.3 is 5.97 Å². The number of nitrogens with one attached hydrogen (secondary N) is 1. The number of aliphatic imine (C=N–C) groups is 1. The minimum atomic E-state index is -0.390. The summed E-state index contributed by atoms with van der Waals surface area (Å²) in [6, 6.07) is 19.8. The van der Waals surface area contributed by atoms with Gasteiger partial charge in [0, 0.05) is 28.8 Å². The van der Waals surface area contributed by atoms with E-state index in [2.05, 4.69) is 5.32 Å².